The predicted octanol–water partition coefficient (Wildman–Crippen LogP) is 8.10. The van der Waals surface area contributed by atoms with Gasteiger partial charge in [-0.15, -0.1) is 11.3 Å². The number of carboxylic acids is 1. The van der Waals surface area contributed by atoms with Crippen molar-refractivity contribution in [2.75, 3.05) is 7.11 Å². The number of carbonyl (C=O) groups is 1. The highest BCUT2D eigenvalue weighted by molar-refractivity contribution is 7.15. The van der Waals surface area contributed by atoms with Gasteiger partial charge in [0.05, 0.1) is 23.2 Å². The molecule has 0 saturated carbocycles. The number of aliphatic carboxylic acids is 1. The first-order valence-electron chi connectivity index (χ1n) is 14.0. The molecule has 0 aliphatic heterocycles. The molecular weight excluding hydrogens is 560 g/mol. The lowest BCUT2D eigenvalue weighted by Crippen LogP contribution is -2.37. The van der Waals surface area contributed by atoms with Gasteiger partial charge in [-0.2, -0.15) is 0 Å². The maximum atomic E-state index is 11.8. The maximum absolute atomic E-state index is 11.8. The van der Waals surface area contributed by atoms with Crippen molar-refractivity contribution >= 4 is 39.1 Å². The number of hydrogen-bond donors (Lipinski definition) is 1. The van der Waals surface area contributed by atoms with Gasteiger partial charge in [0.1, 0.15) is 17.4 Å². The van der Waals surface area contributed by atoms with E-state index in [0.29, 0.717) is 30.4 Å². The molecule has 0 spiro atoms. The van der Waals surface area contributed by atoms with E-state index in [1.807, 2.05) is 79.7 Å². The third-order valence-corrected chi connectivity index (χ3v) is 8.66. The molecule has 0 atom stereocenters. The molecule has 218 valence electrons. The van der Waals surface area contributed by atoms with Gasteiger partial charge < -0.3 is 23.9 Å². The Hall–Kier alpha value is -4.82. The number of ether oxygens (including phenoxy) is 3. The third-order valence-electron chi connectivity index (χ3n) is 7.48. The number of hydrogen-bond acceptors (Lipinski definition) is 6. The number of aryl methyl sites for hydroxylation is 1. The Balaban J connectivity index is 1.29. The second kappa shape index (κ2) is 11.5. The summed E-state index contributed by atoms with van der Waals surface area (Å²) >= 11 is 1.64. The summed E-state index contributed by atoms with van der Waals surface area (Å²) in [6, 6.07) is 30.0. The van der Waals surface area contributed by atoms with E-state index >= 15 is 0 Å². The summed E-state index contributed by atoms with van der Waals surface area (Å²) in [6.07, 6.45) is 0. The lowest BCUT2D eigenvalue weighted by atomic mass is 10.1. The molecule has 7 nitrogen and oxygen atoms in total. The number of rotatable bonds is 10. The van der Waals surface area contributed by atoms with Crippen molar-refractivity contribution in [1.29, 1.82) is 0 Å². The number of methoxy groups -OCH3 is 1. The van der Waals surface area contributed by atoms with Crippen LogP contribution in [-0.4, -0.2) is 33.3 Å². The summed E-state index contributed by atoms with van der Waals surface area (Å²) in [7, 11) is 1.64. The van der Waals surface area contributed by atoms with Crippen LogP contribution in [-0.2, 0) is 17.9 Å². The van der Waals surface area contributed by atoms with Gasteiger partial charge in [0.25, 0.3) is 0 Å². The van der Waals surface area contributed by atoms with Gasteiger partial charge in [0.2, 0.25) is 0 Å². The van der Waals surface area contributed by atoms with Crippen molar-refractivity contribution in [1.82, 2.24) is 9.55 Å². The molecule has 1 N–H and O–H groups in total. The van der Waals surface area contributed by atoms with Gasteiger partial charge in [0.15, 0.2) is 17.1 Å². The van der Waals surface area contributed by atoms with Gasteiger partial charge in [-0.3, -0.25) is 0 Å². The standard InChI is InChI=1S/C35H32N2O5S/c1-22-31(43-33(36-22)24-11-6-5-7-12-24)21-41-28-18-17-23(19-30(28)40-4)20-37-26-14-9-8-13-25(26)32-27(37)15-10-16-29(32)42-35(2,3)34(38)39/h5-19H,20-21H2,1-4H3,(H,38,39). The highest BCUT2D eigenvalue weighted by Gasteiger charge is 2.30. The van der Waals surface area contributed by atoms with E-state index in [4.69, 9.17) is 19.2 Å². The summed E-state index contributed by atoms with van der Waals surface area (Å²) in [5.74, 6) is 0.824. The zero-order chi connectivity index (χ0) is 30.1. The van der Waals surface area contributed by atoms with E-state index < -0.39 is 11.6 Å². The van der Waals surface area contributed by atoms with Crippen LogP contribution in [0.2, 0.25) is 0 Å². The molecule has 0 aliphatic rings. The number of thiazole rings is 1. The van der Waals surface area contributed by atoms with Crippen LogP contribution < -0.4 is 14.2 Å². The van der Waals surface area contributed by atoms with Crippen LogP contribution in [0.4, 0.5) is 0 Å². The summed E-state index contributed by atoms with van der Waals surface area (Å²) < 4.78 is 20.2. The van der Waals surface area contributed by atoms with Crippen molar-refractivity contribution in [2.24, 2.45) is 0 Å². The van der Waals surface area contributed by atoms with Crippen LogP contribution in [0, 0.1) is 6.92 Å². The molecular formula is C35H32N2O5S. The Kier molecular flexibility index (Phi) is 7.54. The van der Waals surface area contributed by atoms with Crippen molar-refractivity contribution in [3.63, 3.8) is 0 Å². The molecule has 2 aromatic heterocycles. The zero-order valence-corrected chi connectivity index (χ0v) is 25.3. The van der Waals surface area contributed by atoms with Crippen molar-refractivity contribution in [3.8, 4) is 27.8 Å². The second-order valence-electron chi connectivity index (χ2n) is 10.8. The molecule has 6 rings (SSSR count). The van der Waals surface area contributed by atoms with E-state index in [-0.39, 0.29) is 0 Å². The number of para-hydroxylation sites is 1. The molecule has 0 bridgehead atoms. The van der Waals surface area contributed by atoms with E-state index in [1.165, 1.54) is 0 Å². The number of carboxylic acid groups (broad SMARTS) is 1. The van der Waals surface area contributed by atoms with Crippen LogP contribution in [0.15, 0.2) is 91.0 Å². The van der Waals surface area contributed by atoms with E-state index in [1.54, 1.807) is 32.3 Å². The molecule has 0 radical (unpaired) electrons. The first kappa shape index (κ1) is 28.3. The van der Waals surface area contributed by atoms with Gasteiger partial charge in [-0.05, 0) is 56.7 Å². The first-order valence-corrected chi connectivity index (χ1v) is 14.8. The van der Waals surface area contributed by atoms with E-state index in [2.05, 4.69) is 22.8 Å². The van der Waals surface area contributed by atoms with Gasteiger partial charge in [-0.1, -0.05) is 60.7 Å². The fourth-order valence-electron chi connectivity index (χ4n) is 5.16. The second-order valence-corrected chi connectivity index (χ2v) is 11.9. The third kappa shape index (κ3) is 5.53. The number of nitrogens with zero attached hydrogens (tertiary/aromatic N) is 2. The largest absolute Gasteiger partial charge is 0.493 e. The fourth-order valence-corrected chi connectivity index (χ4v) is 6.14. The lowest BCUT2D eigenvalue weighted by Gasteiger charge is -2.22. The SMILES string of the molecule is COc1cc(Cn2c3ccccc3c3c(OC(C)(C)C(=O)O)cccc32)ccc1OCc1sc(-c2ccccc2)nc1C. The zero-order valence-electron chi connectivity index (χ0n) is 24.5. The smallest absolute Gasteiger partial charge is 0.347 e. The Bertz CT molecular complexity index is 1940. The molecule has 0 fully saturated rings. The highest BCUT2D eigenvalue weighted by Crippen LogP contribution is 2.38. The predicted molar refractivity (Wildman–Crippen MR) is 171 cm³/mol. The Morgan fingerprint density at radius 1 is 0.907 bits per heavy atom. The quantitative estimate of drug-likeness (QED) is 0.173. The molecule has 8 heteroatoms. The van der Waals surface area contributed by atoms with Gasteiger partial charge in [0, 0.05) is 28.4 Å². The molecule has 2 heterocycles. The molecule has 4 aromatic carbocycles. The Morgan fingerprint density at radius 3 is 2.42 bits per heavy atom. The minimum atomic E-state index is -1.37. The van der Waals surface area contributed by atoms with Gasteiger partial charge in [-0.25, -0.2) is 9.78 Å². The van der Waals surface area contributed by atoms with E-state index in [0.717, 1.165) is 48.5 Å². The summed E-state index contributed by atoms with van der Waals surface area (Å²) in [4.78, 5) is 17.6. The molecule has 6 aromatic rings. The van der Waals surface area contributed by atoms with Crippen molar-refractivity contribution in [3.05, 3.63) is 107 Å². The monoisotopic (exact) mass is 592 g/mol. The average molecular weight is 593 g/mol. The van der Waals surface area contributed by atoms with Crippen LogP contribution in [0.1, 0.15) is 30.0 Å². The fraction of sp³-hybridized carbons (Fsp3) is 0.200. The highest BCUT2D eigenvalue weighted by atomic mass is 32.1. The number of fused-ring (bicyclic) bond motifs is 3. The van der Waals surface area contributed by atoms with Crippen LogP contribution in [0.3, 0.4) is 0 Å². The lowest BCUT2D eigenvalue weighted by molar-refractivity contribution is -0.152. The summed E-state index contributed by atoms with van der Waals surface area (Å²) in [5, 5.41) is 12.5. The normalized spacial score (nSPS) is 11.6. The molecule has 43 heavy (non-hydrogen) atoms. The van der Waals surface area contributed by atoms with Crippen molar-refractivity contribution < 1.29 is 24.1 Å². The molecule has 0 saturated heterocycles. The van der Waals surface area contributed by atoms with Gasteiger partial charge >= 0.3 is 5.97 Å². The minimum absolute atomic E-state index is 0.397. The average Bonchev–Trinajstić information content (AvgIpc) is 3.54. The minimum Gasteiger partial charge on any atom is -0.493 e. The molecule has 0 aliphatic carbocycles. The van der Waals surface area contributed by atoms with E-state index in [9.17, 15) is 9.90 Å². The van der Waals surface area contributed by atoms with Crippen LogP contribution in [0.5, 0.6) is 17.2 Å². The summed E-state index contributed by atoms with van der Waals surface area (Å²) in [6.45, 7) is 6.09. The maximum Gasteiger partial charge on any atom is 0.347 e. The van der Waals surface area contributed by atoms with Crippen molar-refractivity contribution in [2.45, 2.75) is 39.5 Å². The molecule has 0 amide bonds. The summed E-state index contributed by atoms with van der Waals surface area (Å²) in [5.41, 5.74) is 3.69. The number of benzene rings is 4. The molecule has 0 unspecified atom stereocenters. The number of aromatic nitrogens is 2. The Morgan fingerprint density at radius 2 is 1.65 bits per heavy atom. The van der Waals surface area contributed by atoms with Crippen LogP contribution >= 0.6 is 11.3 Å². The topological polar surface area (TPSA) is 82.8 Å². The first-order chi connectivity index (χ1) is 20.7. The Labute approximate surface area is 253 Å². The van der Waals surface area contributed by atoms with Crippen LogP contribution in [0.25, 0.3) is 32.4 Å².